The van der Waals surface area contributed by atoms with Crippen LogP contribution in [0.25, 0.3) is 10.2 Å². The van der Waals surface area contributed by atoms with Crippen molar-refractivity contribution in [2.75, 3.05) is 11.1 Å². The van der Waals surface area contributed by atoms with Gasteiger partial charge >= 0.3 is 0 Å². The lowest BCUT2D eigenvalue weighted by Gasteiger charge is -2.12. The summed E-state index contributed by atoms with van der Waals surface area (Å²) in [4.78, 5) is 29.8. The van der Waals surface area contributed by atoms with E-state index in [4.69, 9.17) is 0 Å². The molecule has 0 aliphatic carbocycles. The summed E-state index contributed by atoms with van der Waals surface area (Å²) < 4.78 is 15.9. The van der Waals surface area contributed by atoms with Gasteiger partial charge < -0.3 is 5.32 Å². The number of nitrogens with one attached hydrogen (secondary N) is 1. The summed E-state index contributed by atoms with van der Waals surface area (Å²) in [6.45, 7) is 0.359. The highest BCUT2D eigenvalue weighted by Crippen LogP contribution is 2.22. The minimum absolute atomic E-state index is 0.00517. The number of thioether (sulfide) groups is 1. The van der Waals surface area contributed by atoms with Gasteiger partial charge in [0.15, 0.2) is 5.16 Å². The lowest BCUT2D eigenvalue weighted by atomic mass is 10.2. The van der Waals surface area contributed by atoms with Crippen LogP contribution in [0.1, 0.15) is 5.56 Å². The Bertz CT molecular complexity index is 1220. The number of carbonyl (C=O) groups excluding carboxylic acids is 1. The first-order chi connectivity index (χ1) is 14.1. The number of hydrogen-bond acceptors (Lipinski definition) is 5. The Kier molecular flexibility index (Phi) is 5.73. The molecule has 0 aliphatic rings. The van der Waals surface area contributed by atoms with E-state index in [0.717, 1.165) is 17.3 Å². The Morgan fingerprint density at radius 3 is 2.66 bits per heavy atom. The van der Waals surface area contributed by atoms with E-state index in [2.05, 4.69) is 10.3 Å². The summed E-state index contributed by atoms with van der Waals surface area (Å²) in [6.07, 6.45) is 0. The molecule has 29 heavy (non-hydrogen) atoms. The smallest absolute Gasteiger partial charge is 0.272 e. The number of para-hydroxylation sites is 1. The molecular weight excluding hydrogens is 409 g/mol. The average Bonchev–Trinajstić information content (AvgIpc) is 3.20. The molecule has 1 N–H and O–H groups in total. The number of fused-ring (bicyclic) bond motifs is 1. The molecular formula is C21H16FN3O2S2. The summed E-state index contributed by atoms with van der Waals surface area (Å²) in [5.74, 6) is -0.860. The van der Waals surface area contributed by atoms with Crippen LogP contribution in [-0.2, 0) is 11.3 Å². The van der Waals surface area contributed by atoms with Crippen LogP contribution >= 0.6 is 23.1 Å². The molecule has 0 aliphatic heterocycles. The minimum Gasteiger partial charge on any atom is -0.323 e. The van der Waals surface area contributed by atoms with Crippen molar-refractivity contribution in [2.45, 2.75) is 11.7 Å². The summed E-state index contributed by atoms with van der Waals surface area (Å²) in [5, 5.41) is 4.83. The lowest BCUT2D eigenvalue weighted by molar-refractivity contribution is -0.113. The zero-order valence-electron chi connectivity index (χ0n) is 15.2. The second kappa shape index (κ2) is 8.59. The van der Waals surface area contributed by atoms with Gasteiger partial charge in [0.1, 0.15) is 10.5 Å². The van der Waals surface area contributed by atoms with Crippen LogP contribution in [0.15, 0.2) is 76.0 Å². The minimum atomic E-state index is -0.496. The van der Waals surface area contributed by atoms with E-state index in [1.807, 2.05) is 35.7 Å². The molecule has 0 saturated carbocycles. The molecule has 0 atom stereocenters. The highest BCUT2D eigenvalue weighted by atomic mass is 32.2. The fraction of sp³-hybridized carbons (Fsp3) is 0.0952. The standard InChI is InChI=1S/C21H16FN3O2S2/c22-15-8-4-5-9-16(15)23-18(26)13-29-21-24-17-10-11-28-19(17)20(27)25(21)12-14-6-2-1-3-7-14/h1-11H,12-13H2,(H,23,26). The highest BCUT2D eigenvalue weighted by Gasteiger charge is 2.15. The predicted molar refractivity (Wildman–Crippen MR) is 115 cm³/mol. The highest BCUT2D eigenvalue weighted by molar-refractivity contribution is 7.99. The van der Waals surface area contributed by atoms with E-state index in [1.165, 1.54) is 23.5 Å². The maximum atomic E-state index is 13.7. The van der Waals surface area contributed by atoms with Crippen LogP contribution in [0, 0.1) is 5.82 Å². The van der Waals surface area contributed by atoms with Crippen molar-refractivity contribution in [3.8, 4) is 0 Å². The maximum Gasteiger partial charge on any atom is 0.272 e. The number of amides is 1. The number of rotatable bonds is 6. The average molecular weight is 426 g/mol. The molecule has 2 aromatic carbocycles. The molecule has 0 spiro atoms. The van der Waals surface area contributed by atoms with Gasteiger partial charge in [-0.1, -0.05) is 54.2 Å². The number of hydrogen-bond donors (Lipinski definition) is 1. The molecule has 5 nitrogen and oxygen atoms in total. The second-order valence-electron chi connectivity index (χ2n) is 6.22. The third-order valence-corrected chi connectivity index (χ3v) is 6.06. The number of aromatic nitrogens is 2. The van der Waals surface area contributed by atoms with Gasteiger partial charge in [-0.2, -0.15) is 0 Å². The molecule has 2 aromatic heterocycles. The zero-order valence-corrected chi connectivity index (χ0v) is 16.8. The van der Waals surface area contributed by atoms with Crippen LogP contribution < -0.4 is 10.9 Å². The van der Waals surface area contributed by atoms with E-state index in [-0.39, 0.29) is 22.9 Å². The van der Waals surface area contributed by atoms with Crippen molar-refractivity contribution in [3.05, 3.63) is 87.8 Å². The Morgan fingerprint density at radius 1 is 1.10 bits per heavy atom. The normalized spacial score (nSPS) is 10.9. The van der Waals surface area contributed by atoms with Gasteiger partial charge in [-0.25, -0.2) is 9.37 Å². The molecule has 8 heteroatoms. The molecule has 4 aromatic rings. The number of benzene rings is 2. The monoisotopic (exact) mass is 425 g/mol. The number of thiophene rings is 1. The van der Waals surface area contributed by atoms with Crippen LogP contribution in [-0.4, -0.2) is 21.2 Å². The Morgan fingerprint density at radius 2 is 1.86 bits per heavy atom. The zero-order chi connectivity index (χ0) is 20.2. The van der Waals surface area contributed by atoms with Crippen molar-refractivity contribution >= 4 is 44.9 Å². The predicted octanol–water partition coefficient (Wildman–Crippen LogP) is 4.38. The van der Waals surface area contributed by atoms with Gasteiger partial charge in [0.25, 0.3) is 5.56 Å². The third kappa shape index (κ3) is 4.38. The van der Waals surface area contributed by atoms with E-state index < -0.39 is 5.82 Å². The van der Waals surface area contributed by atoms with Crippen LogP contribution in [0.2, 0.25) is 0 Å². The van der Waals surface area contributed by atoms with Gasteiger partial charge in [0, 0.05) is 0 Å². The van der Waals surface area contributed by atoms with Gasteiger partial charge in [-0.15, -0.1) is 11.3 Å². The van der Waals surface area contributed by atoms with E-state index in [9.17, 15) is 14.0 Å². The van der Waals surface area contributed by atoms with Gasteiger partial charge in [-0.05, 0) is 29.1 Å². The first-order valence-corrected chi connectivity index (χ1v) is 10.7. The van der Waals surface area contributed by atoms with Crippen LogP contribution in [0.3, 0.4) is 0 Å². The fourth-order valence-corrected chi connectivity index (χ4v) is 4.40. The summed E-state index contributed by atoms with van der Waals surface area (Å²) >= 11 is 2.50. The first-order valence-electron chi connectivity index (χ1n) is 8.81. The Balaban J connectivity index is 1.59. The third-order valence-electron chi connectivity index (χ3n) is 4.19. The molecule has 0 saturated heterocycles. The van der Waals surface area contributed by atoms with Gasteiger partial charge in [0.2, 0.25) is 5.91 Å². The quantitative estimate of drug-likeness (QED) is 0.368. The van der Waals surface area contributed by atoms with Crippen molar-refractivity contribution in [1.82, 2.24) is 9.55 Å². The number of halogens is 1. The lowest BCUT2D eigenvalue weighted by Crippen LogP contribution is -2.24. The Labute approximate surface area is 174 Å². The number of nitrogens with zero attached hydrogens (tertiary/aromatic N) is 2. The second-order valence-corrected chi connectivity index (χ2v) is 8.08. The summed E-state index contributed by atoms with van der Waals surface area (Å²) in [6, 6.07) is 17.4. The van der Waals surface area contributed by atoms with Crippen molar-refractivity contribution in [3.63, 3.8) is 0 Å². The molecule has 4 rings (SSSR count). The van der Waals surface area contributed by atoms with E-state index in [1.54, 1.807) is 22.8 Å². The van der Waals surface area contributed by atoms with Crippen molar-refractivity contribution in [2.24, 2.45) is 0 Å². The van der Waals surface area contributed by atoms with Crippen LogP contribution in [0.4, 0.5) is 10.1 Å². The SMILES string of the molecule is O=C(CSc1nc2ccsc2c(=O)n1Cc1ccccc1)Nc1ccccc1F. The first kappa shape index (κ1) is 19.4. The Hall–Kier alpha value is -2.97. The van der Waals surface area contributed by atoms with E-state index in [0.29, 0.717) is 21.9 Å². The van der Waals surface area contributed by atoms with Gasteiger partial charge in [0.05, 0.1) is 23.5 Å². The molecule has 0 unspecified atom stereocenters. The molecule has 1 amide bonds. The fourth-order valence-electron chi connectivity index (χ4n) is 2.82. The maximum absolute atomic E-state index is 13.7. The topological polar surface area (TPSA) is 64.0 Å². The summed E-state index contributed by atoms with van der Waals surface area (Å²) in [5.41, 5.74) is 1.57. The molecule has 0 bridgehead atoms. The number of carbonyl (C=O) groups is 1. The molecule has 0 radical (unpaired) electrons. The van der Waals surface area contributed by atoms with Crippen molar-refractivity contribution < 1.29 is 9.18 Å². The molecule has 146 valence electrons. The van der Waals surface area contributed by atoms with Gasteiger partial charge in [-0.3, -0.25) is 14.2 Å². The molecule has 2 heterocycles. The van der Waals surface area contributed by atoms with Crippen LogP contribution in [0.5, 0.6) is 0 Å². The largest absolute Gasteiger partial charge is 0.323 e. The summed E-state index contributed by atoms with van der Waals surface area (Å²) in [7, 11) is 0. The number of anilines is 1. The van der Waals surface area contributed by atoms with E-state index >= 15 is 0 Å². The molecule has 0 fully saturated rings. The van der Waals surface area contributed by atoms with Crippen molar-refractivity contribution in [1.29, 1.82) is 0 Å².